The molecule has 34 heavy (non-hydrogen) atoms. The Labute approximate surface area is 200 Å². The van der Waals surface area contributed by atoms with E-state index in [-0.39, 0.29) is 30.3 Å². The van der Waals surface area contributed by atoms with Crippen molar-refractivity contribution < 1.29 is 19.0 Å². The molecule has 1 amide bonds. The quantitative estimate of drug-likeness (QED) is 0.395. The molecule has 5 N–H and O–H groups in total. The van der Waals surface area contributed by atoms with Gasteiger partial charge in [0.05, 0.1) is 0 Å². The van der Waals surface area contributed by atoms with Crippen LogP contribution in [-0.2, 0) is 17.7 Å². The number of ether oxygens (including phenoxy) is 3. The molecule has 1 aliphatic rings. The van der Waals surface area contributed by atoms with Gasteiger partial charge < -0.3 is 35.1 Å². The van der Waals surface area contributed by atoms with Gasteiger partial charge in [-0.25, -0.2) is 9.78 Å². The number of rotatable bonds is 8. The third-order valence-electron chi connectivity index (χ3n) is 5.35. The van der Waals surface area contributed by atoms with Gasteiger partial charge >= 0.3 is 6.09 Å². The summed E-state index contributed by atoms with van der Waals surface area (Å²) < 4.78 is 18.4. The lowest BCUT2D eigenvalue weighted by Gasteiger charge is -2.29. The van der Waals surface area contributed by atoms with E-state index in [9.17, 15) is 4.79 Å². The minimum absolute atomic E-state index is 0.199. The van der Waals surface area contributed by atoms with Crippen LogP contribution in [-0.4, -0.2) is 51.9 Å². The van der Waals surface area contributed by atoms with Gasteiger partial charge in [-0.1, -0.05) is 13.8 Å². The number of aromatic nitrogens is 2. The molecule has 0 fully saturated rings. The summed E-state index contributed by atoms with van der Waals surface area (Å²) in [5.74, 6) is 2.41. The van der Waals surface area contributed by atoms with Crippen molar-refractivity contribution in [2.45, 2.75) is 60.1 Å². The number of nitrogens with one attached hydrogen (secondary N) is 1. The number of nitrogens with two attached hydrogens (primary N) is 2. The fourth-order valence-corrected chi connectivity index (χ4v) is 3.79. The molecule has 0 radical (unpaired) electrons. The topological polar surface area (TPSA) is 142 Å². The molecule has 0 bridgehead atoms. The molecule has 10 heteroatoms. The molecule has 1 aromatic carbocycles. The average Bonchev–Trinajstić information content (AvgIpc) is 3.28. The van der Waals surface area contributed by atoms with Crippen molar-refractivity contribution in [3.63, 3.8) is 0 Å². The van der Waals surface area contributed by atoms with Crippen LogP contribution in [0.3, 0.4) is 0 Å². The van der Waals surface area contributed by atoms with Crippen molar-refractivity contribution in [1.82, 2.24) is 14.5 Å². The summed E-state index contributed by atoms with van der Waals surface area (Å²) in [6.07, 6.45) is 0.0798. The first-order valence-corrected chi connectivity index (χ1v) is 11.4. The molecule has 3 rings (SSSR count). The number of amidine groups is 1. The van der Waals surface area contributed by atoms with Gasteiger partial charge in [0.2, 0.25) is 6.79 Å². The predicted molar refractivity (Wildman–Crippen MR) is 130 cm³/mol. The lowest BCUT2D eigenvalue weighted by atomic mass is 10.0. The summed E-state index contributed by atoms with van der Waals surface area (Å²) >= 11 is 0. The highest BCUT2D eigenvalue weighted by Gasteiger charge is 2.25. The summed E-state index contributed by atoms with van der Waals surface area (Å²) in [6.45, 7) is 13.1. The largest absolute Gasteiger partial charge is 0.454 e. The molecule has 0 saturated heterocycles. The Bertz CT molecular complexity index is 1070. The van der Waals surface area contributed by atoms with Crippen LogP contribution in [0.25, 0.3) is 0 Å². The Kier molecular flexibility index (Phi) is 7.28. The van der Waals surface area contributed by atoms with Gasteiger partial charge in [0.25, 0.3) is 0 Å². The Balaban J connectivity index is 1.88. The Morgan fingerprint density at radius 1 is 1.29 bits per heavy atom. The number of carbonyl (C=O) groups is 1. The third kappa shape index (κ3) is 5.92. The van der Waals surface area contributed by atoms with E-state index in [1.807, 2.05) is 58.2 Å². The number of carbonyl (C=O) groups excluding carboxylic acids is 1. The first-order chi connectivity index (χ1) is 15.9. The second-order valence-corrected chi connectivity index (χ2v) is 9.96. The number of aryl methyl sites for hydroxylation is 1. The van der Waals surface area contributed by atoms with Crippen molar-refractivity contribution in [1.29, 1.82) is 5.41 Å². The Morgan fingerprint density at radius 2 is 1.94 bits per heavy atom. The van der Waals surface area contributed by atoms with Crippen LogP contribution in [0.5, 0.6) is 11.5 Å². The number of benzene rings is 1. The molecule has 0 unspecified atom stereocenters. The second-order valence-electron chi connectivity index (χ2n) is 9.96. The number of hydrogen-bond donors (Lipinski definition) is 3. The summed E-state index contributed by atoms with van der Waals surface area (Å²) in [7, 11) is 0. The van der Waals surface area contributed by atoms with Gasteiger partial charge in [-0.05, 0) is 56.9 Å². The van der Waals surface area contributed by atoms with Crippen LogP contribution < -0.4 is 20.9 Å². The van der Waals surface area contributed by atoms with Crippen LogP contribution in [0.4, 0.5) is 10.6 Å². The van der Waals surface area contributed by atoms with Gasteiger partial charge in [-0.3, -0.25) is 5.41 Å². The molecule has 10 nitrogen and oxygen atoms in total. The highest BCUT2D eigenvalue weighted by molar-refractivity contribution is 5.97. The third-order valence-corrected chi connectivity index (χ3v) is 5.35. The SMILES string of the molecule is Cc1cc2c(cc1Cc1nc(C(=N)N)c(N)n1CCN(CC(C)C)C(=O)OC(C)(C)C)OCO2. The lowest BCUT2D eigenvalue weighted by Crippen LogP contribution is -2.40. The summed E-state index contributed by atoms with van der Waals surface area (Å²) in [4.78, 5) is 19.1. The van der Waals surface area contributed by atoms with E-state index >= 15 is 0 Å². The van der Waals surface area contributed by atoms with Crippen molar-refractivity contribution >= 4 is 17.7 Å². The number of nitrogens with zero attached hydrogens (tertiary/aromatic N) is 3. The standard InChI is InChI=1S/C24H36N6O4/c1-14(2)12-29(23(31)34-24(4,5)6)7-8-30-19(28-20(21(25)26)22(30)27)11-16-10-18-17(9-15(16)3)32-13-33-18/h9-10,14H,7-8,11-13,27H2,1-6H3,(H3,25,26). The zero-order chi connectivity index (χ0) is 25.2. The smallest absolute Gasteiger partial charge is 0.410 e. The molecule has 0 atom stereocenters. The number of imidazole rings is 1. The maximum atomic E-state index is 12.8. The summed E-state index contributed by atoms with van der Waals surface area (Å²) in [5, 5.41) is 7.89. The fourth-order valence-electron chi connectivity index (χ4n) is 3.79. The molecule has 186 valence electrons. The van der Waals surface area contributed by atoms with Crippen molar-refractivity contribution in [2.75, 3.05) is 25.6 Å². The maximum Gasteiger partial charge on any atom is 0.410 e. The van der Waals surface area contributed by atoms with Gasteiger partial charge in [0, 0.05) is 26.1 Å². The predicted octanol–water partition coefficient (Wildman–Crippen LogP) is 3.27. The molecule has 0 spiro atoms. The van der Waals surface area contributed by atoms with E-state index in [1.54, 1.807) is 4.90 Å². The van der Waals surface area contributed by atoms with E-state index in [4.69, 9.17) is 31.1 Å². The van der Waals surface area contributed by atoms with Gasteiger partial charge in [0.15, 0.2) is 11.5 Å². The highest BCUT2D eigenvalue weighted by atomic mass is 16.7. The van der Waals surface area contributed by atoms with Crippen molar-refractivity contribution in [3.8, 4) is 11.5 Å². The zero-order valence-electron chi connectivity index (χ0n) is 20.9. The van der Waals surface area contributed by atoms with Crippen molar-refractivity contribution in [2.24, 2.45) is 11.7 Å². The molecule has 2 heterocycles. The van der Waals surface area contributed by atoms with Crippen LogP contribution in [0.1, 0.15) is 57.3 Å². The van der Waals surface area contributed by atoms with E-state index in [2.05, 4.69) is 4.98 Å². The lowest BCUT2D eigenvalue weighted by molar-refractivity contribution is 0.0221. The van der Waals surface area contributed by atoms with Crippen molar-refractivity contribution in [3.05, 3.63) is 34.8 Å². The minimum Gasteiger partial charge on any atom is -0.454 e. The molecule has 1 aromatic heterocycles. The van der Waals surface area contributed by atoms with E-state index in [1.165, 1.54) is 0 Å². The van der Waals surface area contributed by atoms with Gasteiger partial charge in [-0.2, -0.15) is 0 Å². The first kappa shape index (κ1) is 25.2. The van der Waals surface area contributed by atoms with Crippen LogP contribution in [0.15, 0.2) is 12.1 Å². The Hall–Kier alpha value is -3.43. The molecule has 1 aliphatic heterocycles. The minimum atomic E-state index is -0.593. The summed E-state index contributed by atoms with van der Waals surface area (Å²) in [6, 6.07) is 3.87. The normalized spacial score (nSPS) is 12.8. The fraction of sp³-hybridized carbons (Fsp3) is 0.542. The highest BCUT2D eigenvalue weighted by Crippen LogP contribution is 2.35. The number of fused-ring (bicyclic) bond motifs is 1. The summed E-state index contributed by atoms with van der Waals surface area (Å²) in [5.41, 5.74) is 13.8. The van der Waals surface area contributed by atoms with E-state index in [0.717, 1.165) is 16.9 Å². The van der Waals surface area contributed by atoms with Gasteiger partial charge in [-0.15, -0.1) is 0 Å². The van der Waals surface area contributed by atoms with E-state index in [0.29, 0.717) is 43.4 Å². The van der Waals surface area contributed by atoms with Crippen LogP contribution in [0.2, 0.25) is 0 Å². The second kappa shape index (κ2) is 9.82. The first-order valence-electron chi connectivity index (χ1n) is 11.4. The Morgan fingerprint density at radius 3 is 2.53 bits per heavy atom. The number of hydrogen-bond acceptors (Lipinski definition) is 7. The molecular formula is C24H36N6O4. The number of amides is 1. The molecule has 0 aliphatic carbocycles. The zero-order valence-corrected chi connectivity index (χ0v) is 20.9. The monoisotopic (exact) mass is 472 g/mol. The number of anilines is 1. The number of nitrogen functional groups attached to an aromatic ring is 2. The molecule has 2 aromatic rings. The van der Waals surface area contributed by atoms with Crippen LogP contribution in [0, 0.1) is 18.3 Å². The maximum absolute atomic E-state index is 12.8. The van der Waals surface area contributed by atoms with Gasteiger partial charge in [0.1, 0.15) is 28.8 Å². The van der Waals surface area contributed by atoms with Crippen LogP contribution >= 0.6 is 0 Å². The molecular weight excluding hydrogens is 436 g/mol. The average molecular weight is 473 g/mol. The van der Waals surface area contributed by atoms with E-state index < -0.39 is 5.60 Å². The molecule has 0 saturated carbocycles.